The molecule has 0 aliphatic heterocycles. The Kier molecular flexibility index (Phi) is 6.84. The van der Waals surface area contributed by atoms with E-state index < -0.39 is 5.91 Å². The predicted octanol–water partition coefficient (Wildman–Crippen LogP) is 4.46. The van der Waals surface area contributed by atoms with Crippen LogP contribution in [0.15, 0.2) is 60.2 Å². The highest BCUT2D eigenvalue weighted by Crippen LogP contribution is 2.27. The molecule has 0 fully saturated rings. The van der Waals surface area contributed by atoms with Crippen molar-refractivity contribution in [3.05, 3.63) is 70.8 Å². The minimum absolute atomic E-state index is 0.0388. The first-order valence-corrected chi connectivity index (χ1v) is 8.03. The average molecular weight is 369 g/mol. The quantitative estimate of drug-likeness (QED) is 0.464. The third kappa shape index (κ3) is 4.88. The fourth-order valence-electron chi connectivity index (χ4n) is 2.16. The van der Waals surface area contributed by atoms with Crippen LogP contribution in [0.1, 0.15) is 5.56 Å². The lowest BCUT2D eigenvalue weighted by Crippen LogP contribution is -2.13. The number of carbonyl (C=O) groups excluding carboxylic acids is 1. The highest BCUT2D eigenvalue weighted by atomic mass is 35.5. The molecule has 5 nitrogen and oxygen atoms in total. The van der Waals surface area contributed by atoms with Gasteiger partial charge in [-0.3, -0.25) is 4.79 Å². The monoisotopic (exact) mass is 368 g/mol. The third-order valence-corrected chi connectivity index (χ3v) is 3.75. The molecule has 0 atom stereocenters. The molecule has 0 aliphatic carbocycles. The number of ether oxygens (including phenoxy) is 2. The minimum Gasteiger partial charge on any atom is -0.496 e. The van der Waals surface area contributed by atoms with Crippen molar-refractivity contribution in [1.82, 2.24) is 0 Å². The zero-order valence-electron chi connectivity index (χ0n) is 14.3. The summed E-state index contributed by atoms with van der Waals surface area (Å²) in [5, 5.41) is 12.2. The Morgan fingerprint density at radius 2 is 1.88 bits per heavy atom. The number of carbonyl (C=O) groups is 1. The number of nitrogens with zero attached hydrogens (tertiary/aromatic N) is 1. The van der Waals surface area contributed by atoms with Gasteiger partial charge in [-0.1, -0.05) is 42.0 Å². The number of nitrogens with one attached hydrogen (secondary N) is 1. The van der Waals surface area contributed by atoms with E-state index in [-0.39, 0.29) is 5.57 Å². The molecule has 132 valence electrons. The van der Waals surface area contributed by atoms with E-state index in [2.05, 4.69) is 5.32 Å². The van der Waals surface area contributed by atoms with Crippen molar-refractivity contribution < 1.29 is 14.3 Å². The summed E-state index contributed by atoms with van der Waals surface area (Å²) in [5.74, 6) is 0.673. The van der Waals surface area contributed by atoms with Gasteiger partial charge >= 0.3 is 0 Å². The molecule has 0 unspecified atom stereocenters. The molecule has 0 heterocycles. The maximum absolute atomic E-state index is 12.2. The number of amides is 1. The molecule has 0 bridgehead atoms. The first-order chi connectivity index (χ1) is 12.6. The van der Waals surface area contributed by atoms with Crippen molar-refractivity contribution in [3.63, 3.8) is 0 Å². The minimum atomic E-state index is -0.529. The van der Waals surface area contributed by atoms with E-state index in [0.29, 0.717) is 22.2 Å². The van der Waals surface area contributed by atoms with E-state index in [4.69, 9.17) is 21.1 Å². The Morgan fingerprint density at radius 3 is 2.54 bits per heavy atom. The van der Waals surface area contributed by atoms with Gasteiger partial charge in [0.1, 0.15) is 23.1 Å². The van der Waals surface area contributed by atoms with Gasteiger partial charge in [0, 0.05) is 11.3 Å². The highest BCUT2D eigenvalue weighted by molar-refractivity contribution is 6.32. The third-order valence-electron chi connectivity index (χ3n) is 3.45. The molecule has 2 rings (SSSR count). The van der Waals surface area contributed by atoms with Crippen molar-refractivity contribution in [2.75, 3.05) is 19.5 Å². The topological polar surface area (TPSA) is 71.3 Å². The van der Waals surface area contributed by atoms with Crippen LogP contribution in [0, 0.1) is 11.3 Å². The van der Waals surface area contributed by atoms with Crippen LogP contribution in [-0.2, 0) is 4.79 Å². The molecule has 6 heteroatoms. The van der Waals surface area contributed by atoms with E-state index >= 15 is 0 Å². The Balaban J connectivity index is 2.13. The van der Waals surface area contributed by atoms with E-state index in [0.717, 1.165) is 5.56 Å². The van der Waals surface area contributed by atoms with Gasteiger partial charge < -0.3 is 14.8 Å². The standard InChI is InChI=1S/C20H17ClN2O3/c1-25-18-9-4-3-6-14(18)7-5-8-15(13-22)20(24)23-16-10-11-19(26-2)17(21)12-16/h3-12H,1-2H3,(H,23,24)/b7-5+,15-8+. The van der Waals surface area contributed by atoms with Crippen molar-refractivity contribution in [2.45, 2.75) is 0 Å². The number of hydrogen-bond acceptors (Lipinski definition) is 4. The Hall–Kier alpha value is -3.23. The normalized spacial score (nSPS) is 11.1. The van der Waals surface area contributed by atoms with Crippen molar-refractivity contribution in [3.8, 4) is 17.6 Å². The average Bonchev–Trinajstić information content (AvgIpc) is 2.65. The second kappa shape index (κ2) is 9.30. The van der Waals surface area contributed by atoms with Gasteiger partial charge in [0.2, 0.25) is 0 Å². The van der Waals surface area contributed by atoms with E-state index in [1.54, 1.807) is 37.5 Å². The summed E-state index contributed by atoms with van der Waals surface area (Å²) < 4.78 is 10.3. The van der Waals surface area contributed by atoms with Gasteiger partial charge in [0.05, 0.1) is 19.2 Å². The van der Waals surface area contributed by atoms with Gasteiger partial charge in [-0.15, -0.1) is 0 Å². The van der Waals surface area contributed by atoms with Crippen LogP contribution in [0.4, 0.5) is 5.69 Å². The van der Waals surface area contributed by atoms with Crippen molar-refractivity contribution in [2.24, 2.45) is 0 Å². The summed E-state index contributed by atoms with van der Waals surface area (Å²) in [7, 11) is 3.08. The lowest BCUT2D eigenvalue weighted by atomic mass is 10.1. The van der Waals surface area contributed by atoms with Crippen LogP contribution in [0.25, 0.3) is 6.08 Å². The maximum Gasteiger partial charge on any atom is 0.266 e. The van der Waals surface area contributed by atoms with Gasteiger partial charge in [0.15, 0.2) is 0 Å². The molecule has 2 aromatic rings. The smallest absolute Gasteiger partial charge is 0.266 e. The van der Waals surface area contributed by atoms with Crippen LogP contribution in [0.2, 0.25) is 5.02 Å². The molecule has 1 N–H and O–H groups in total. The summed E-state index contributed by atoms with van der Waals surface area (Å²) in [4.78, 5) is 12.2. The second-order valence-corrected chi connectivity index (χ2v) is 5.50. The summed E-state index contributed by atoms with van der Waals surface area (Å²) >= 11 is 6.03. The highest BCUT2D eigenvalue weighted by Gasteiger charge is 2.10. The zero-order valence-corrected chi connectivity index (χ0v) is 15.1. The summed E-state index contributed by atoms with van der Waals surface area (Å²) in [6, 6.07) is 14.1. The SMILES string of the molecule is COc1ccc(NC(=O)/C(C#N)=C/C=C/c2ccccc2OC)cc1Cl. The van der Waals surface area contributed by atoms with E-state index in [1.807, 2.05) is 30.3 Å². The van der Waals surface area contributed by atoms with Crippen LogP contribution in [-0.4, -0.2) is 20.1 Å². The zero-order chi connectivity index (χ0) is 18.9. The summed E-state index contributed by atoms with van der Waals surface area (Å²) in [6.07, 6.45) is 4.82. The largest absolute Gasteiger partial charge is 0.496 e. The predicted molar refractivity (Wildman–Crippen MR) is 102 cm³/mol. The Labute approximate surface area is 157 Å². The maximum atomic E-state index is 12.2. The Bertz CT molecular complexity index is 898. The number of anilines is 1. The number of halogens is 1. The molecular weight excluding hydrogens is 352 g/mol. The van der Waals surface area contributed by atoms with Crippen molar-refractivity contribution >= 4 is 29.3 Å². The first-order valence-electron chi connectivity index (χ1n) is 7.65. The molecule has 0 saturated carbocycles. The molecule has 0 saturated heterocycles. The number of para-hydroxylation sites is 1. The lowest BCUT2D eigenvalue weighted by Gasteiger charge is -2.07. The molecule has 1 amide bonds. The van der Waals surface area contributed by atoms with Gasteiger partial charge in [-0.05, 0) is 30.3 Å². The van der Waals surface area contributed by atoms with E-state index in [1.165, 1.54) is 13.2 Å². The van der Waals surface area contributed by atoms with Crippen molar-refractivity contribution in [1.29, 1.82) is 5.26 Å². The van der Waals surface area contributed by atoms with Crippen LogP contribution < -0.4 is 14.8 Å². The van der Waals surface area contributed by atoms with Gasteiger partial charge in [0.25, 0.3) is 5.91 Å². The first kappa shape index (κ1) is 19.1. The number of nitriles is 1. The number of hydrogen-bond donors (Lipinski definition) is 1. The summed E-state index contributed by atoms with van der Waals surface area (Å²) in [5.41, 5.74) is 1.27. The molecule has 0 radical (unpaired) electrons. The molecule has 0 spiro atoms. The Morgan fingerprint density at radius 1 is 1.15 bits per heavy atom. The molecule has 26 heavy (non-hydrogen) atoms. The van der Waals surface area contributed by atoms with E-state index in [9.17, 15) is 10.1 Å². The fourth-order valence-corrected chi connectivity index (χ4v) is 2.42. The summed E-state index contributed by atoms with van der Waals surface area (Å²) in [6.45, 7) is 0. The molecular formula is C20H17ClN2O3. The van der Waals surface area contributed by atoms with Crippen LogP contribution >= 0.6 is 11.6 Å². The molecule has 0 aromatic heterocycles. The van der Waals surface area contributed by atoms with Crippen LogP contribution in [0.3, 0.4) is 0 Å². The van der Waals surface area contributed by atoms with Gasteiger partial charge in [-0.2, -0.15) is 5.26 Å². The number of rotatable bonds is 6. The lowest BCUT2D eigenvalue weighted by molar-refractivity contribution is -0.112. The molecule has 0 aliphatic rings. The molecule has 2 aromatic carbocycles. The second-order valence-electron chi connectivity index (χ2n) is 5.10. The number of allylic oxidation sites excluding steroid dienone is 2. The number of methoxy groups -OCH3 is 2. The van der Waals surface area contributed by atoms with Crippen LogP contribution in [0.5, 0.6) is 11.5 Å². The van der Waals surface area contributed by atoms with Gasteiger partial charge in [-0.25, -0.2) is 0 Å². The fraction of sp³-hybridized carbons (Fsp3) is 0.100. The number of benzene rings is 2.